The fourth-order valence-corrected chi connectivity index (χ4v) is 1.65. The molecule has 1 aromatic rings. The average Bonchev–Trinajstić information content (AvgIpc) is 2.67. The minimum atomic E-state index is 0.488. The first-order chi connectivity index (χ1) is 6.72. The summed E-state index contributed by atoms with van der Waals surface area (Å²) in [6.07, 6.45) is 0. The van der Waals surface area contributed by atoms with Gasteiger partial charge in [0.2, 0.25) is 0 Å². The van der Waals surface area contributed by atoms with Crippen molar-refractivity contribution >= 4 is 11.5 Å². The van der Waals surface area contributed by atoms with Crippen LogP contribution < -0.4 is 5.32 Å². The molecule has 14 heavy (non-hydrogen) atoms. The van der Waals surface area contributed by atoms with Crippen LogP contribution in [0.4, 0.5) is 0 Å². The van der Waals surface area contributed by atoms with Crippen LogP contribution in [0.1, 0.15) is 19.5 Å². The zero-order valence-electron chi connectivity index (χ0n) is 9.03. The van der Waals surface area contributed by atoms with Crippen LogP contribution in [0.2, 0.25) is 0 Å². The fraction of sp³-hybridized carbons (Fsp3) is 0.778. The Bertz CT molecular complexity index is 237. The van der Waals surface area contributed by atoms with Gasteiger partial charge in [0, 0.05) is 24.5 Å². The fourth-order valence-electron chi connectivity index (χ4n) is 1.20. The van der Waals surface area contributed by atoms with Crippen molar-refractivity contribution < 1.29 is 0 Å². The van der Waals surface area contributed by atoms with Gasteiger partial charge in [0.05, 0.1) is 5.69 Å². The summed E-state index contributed by atoms with van der Waals surface area (Å²) in [7, 11) is 2.13. The molecule has 1 unspecified atom stereocenters. The number of likely N-dealkylation sites (N-methyl/N-ethyl adjacent to an activating group) is 1. The molecule has 0 aliphatic carbocycles. The third kappa shape index (κ3) is 4.13. The van der Waals surface area contributed by atoms with Gasteiger partial charge in [-0.3, -0.25) is 0 Å². The lowest BCUT2D eigenvalue weighted by molar-refractivity contribution is 0.309. The monoisotopic (exact) mass is 214 g/mol. The van der Waals surface area contributed by atoms with E-state index in [9.17, 15) is 0 Å². The molecular formula is C9H18N4S. The van der Waals surface area contributed by atoms with Crippen molar-refractivity contribution in [1.29, 1.82) is 0 Å². The molecule has 0 aliphatic rings. The van der Waals surface area contributed by atoms with E-state index >= 15 is 0 Å². The Balaban J connectivity index is 2.18. The van der Waals surface area contributed by atoms with Crippen LogP contribution in [0.3, 0.4) is 0 Å². The van der Waals surface area contributed by atoms with E-state index in [0.717, 1.165) is 25.3 Å². The van der Waals surface area contributed by atoms with Gasteiger partial charge in [-0.25, -0.2) is 0 Å². The summed E-state index contributed by atoms with van der Waals surface area (Å²) >= 11 is 1.40. The number of nitrogens with zero attached hydrogens (tertiary/aromatic N) is 3. The van der Waals surface area contributed by atoms with E-state index in [1.165, 1.54) is 11.5 Å². The quantitative estimate of drug-likeness (QED) is 0.766. The van der Waals surface area contributed by atoms with Gasteiger partial charge in [0.25, 0.3) is 0 Å². The largest absolute Gasteiger partial charge is 0.307 e. The molecule has 4 nitrogen and oxygen atoms in total. The molecule has 80 valence electrons. The number of aromatic nitrogens is 2. The van der Waals surface area contributed by atoms with E-state index in [-0.39, 0.29) is 0 Å². The lowest BCUT2D eigenvalue weighted by Gasteiger charge is -2.20. The van der Waals surface area contributed by atoms with E-state index < -0.39 is 0 Å². The number of rotatable bonds is 6. The SMILES string of the molecule is CCN(C)CC(C)NCc1csnn1. The summed E-state index contributed by atoms with van der Waals surface area (Å²) in [6.45, 7) is 7.32. The maximum atomic E-state index is 3.98. The van der Waals surface area contributed by atoms with Gasteiger partial charge < -0.3 is 10.2 Å². The van der Waals surface area contributed by atoms with Gasteiger partial charge >= 0.3 is 0 Å². The van der Waals surface area contributed by atoms with Crippen LogP contribution in [0.15, 0.2) is 5.38 Å². The second kappa shape index (κ2) is 6.06. The van der Waals surface area contributed by atoms with Crippen molar-refractivity contribution in [3.8, 4) is 0 Å². The van der Waals surface area contributed by atoms with Crippen LogP contribution in [-0.4, -0.2) is 40.7 Å². The number of hydrogen-bond acceptors (Lipinski definition) is 5. The topological polar surface area (TPSA) is 41.0 Å². The molecule has 0 bridgehead atoms. The van der Waals surface area contributed by atoms with Crippen LogP contribution >= 0.6 is 11.5 Å². The maximum absolute atomic E-state index is 3.98. The molecule has 0 saturated carbocycles. The minimum absolute atomic E-state index is 0.488. The molecule has 1 rings (SSSR count). The Morgan fingerprint density at radius 2 is 2.43 bits per heavy atom. The normalized spacial score (nSPS) is 13.4. The molecule has 0 aliphatic heterocycles. The van der Waals surface area contributed by atoms with Crippen molar-refractivity contribution in [2.24, 2.45) is 0 Å². The number of hydrogen-bond donors (Lipinski definition) is 1. The molecule has 0 amide bonds. The molecule has 0 fully saturated rings. The molecule has 0 spiro atoms. The predicted octanol–water partition coefficient (Wildman–Crippen LogP) is 0.968. The standard InChI is InChI=1S/C9H18N4S/c1-4-13(3)6-8(2)10-5-9-7-14-12-11-9/h7-8,10H,4-6H2,1-3H3. The van der Waals surface area contributed by atoms with E-state index in [0.29, 0.717) is 6.04 Å². The van der Waals surface area contributed by atoms with Gasteiger partial charge in [0.1, 0.15) is 0 Å². The first kappa shape index (κ1) is 11.6. The zero-order chi connectivity index (χ0) is 10.4. The molecule has 0 aromatic carbocycles. The van der Waals surface area contributed by atoms with Gasteiger partial charge in [-0.15, -0.1) is 5.10 Å². The third-order valence-electron chi connectivity index (χ3n) is 2.16. The minimum Gasteiger partial charge on any atom is -0.307 e. The summed E-state index contributed by atoms with van der Waals surface area (Å²) in [5, 5.41) is 9.37. The first-order valence-electron chi connectivity index (χ1n) is 4.90. The van der Waals surface area contributed by atoms with Crippen LogP contribution in [0.25, 0.3) is 0 Å². The van der Waals surface area contributed by atoms with E-state index in [4.69, 9.17) is 0 Å². The van der Waals surface area contributed by atoms with E-state index in [1.54, 1.807) is 0 Å². The Morgan fingerprint density at radius 1 is 1.64 bits per heavy atom. The maximum Gasteiger partial charge on any atom is 0.0893 e. The molecule has 1 heterocycles. The lowest BCUT2D eigenvalue weighted by atomic mass is 10.3. The van der Waals surface area contributed by atoms with Crippen LogP contribution in [0.5, 0.6) is 0 Å². The molecule has 1 N–H and O–H groups in total. The smallest absolute Gasteiger partial charge is 0.0893 e. The molecule has 1 atom stereocenters. The van der Waals surface area contributed by atoms with Crippen molar-refractivity contribution in [1.82, 2.24) is 19.8 Å². The molecular weight excluding hydrogens is 196 g/mol. The average molecular weight is 214 g/mol. The van der Waals surface area contributed by atoms with E-state index in [1.807, 2.05) is 5.38 Å². The molecule has 0 saturated heterocycles. The van der Waals surface area contributed by atoms with Crippen molar-refractivity contribution in [3.05, 3.63) is 11.1 Å². The van der Waals surface area contributed by atoms with E-state index in [2.05, 4.69) is 40.7 Å². The summed E-state index contributed by atoms with van der Waals surface area (Å²) in [4.78, 5) is 2.29. The van der Waals surface area contributed by atoms with Gasteiger partial charge in [-0.2, -0.15) is 0 Å². The lowest BCUT2D eigenvalue weighted by Crippen LogP contribution is -2.36. The second-order valence-corrected chi connectivity index (χ2v) is 4.14. The second-order valence-electron chi connectivity index (χ2n) is 3.53. The van der Waals surface area contributed by atoms with Crippen LogP contribution in [-0.2, 0) is 6.54 Å². The van der Waals surface area contributed by atoms with Gasteiger partial charge in [0.15, 0.2) is 0 Å². The zero-order valence-corrected chi connectivity index (χ0v) is 9.84. The highest BCUT2D eigenvalue weighted by Gasteiger charge is 2.04. The Morgan fingerprint density at radius 3 is 3.00 bits per heavy atom. The molecule has 5 heteroatoms. The Labute approximate surface area is 89.5 Å². The van der Waals surface area contributed by atoms with Crippen molar-refractivity contribution in [3.63, 3.8) is 0 Å². The Hall–Kier alpha value is -0.520. The third-order valence-corrected chi connectivity index (χ3v) is 2.72. The summed E-state index contributed by atoms with van der Waals surface area (Å²) in [6, 6.07) is 0.488. The summed E-state index contributed by atoms with van der Waals surface area (Å²) in [5.41, 5.74) is 1.03. The van der Waals surface area contributed by atoms with Crippen molar-refractivity contribution in [2.75, 3.05) is 20.1 Å². The van der Waals surface area contributed by atoms with Crippen molar-refractivity contribution in [2.45, 2.75) is 26.4 Å². The van der Waals surface area contributed by atoms with Gasteiger partial charge in [-0.1, -0.05) is 11.4 Å². The number of nitrogens with one attached hydrogen (secondary N) is 1. The molecule has 1 aromatic heterocycles. The summed E-state index contributed by atoms with van der Waals surface area (Å²) < 4.78 is 3.82. The Kier molecular flexibility index (Phi) is 5.00. The first-order valence-corrected chi connectivity index (χ1v) is 5.74. The van der Waals surface area contributed by atoms with Gasteiger partial charge in [-0.05, 0) is 32.0 Å². The molecule has 0 radical (unpaired) electrons. The highest BCUT2D eigenvalue weighted by Crippen LogP contribution is 1.97. The highest BCUT2D eigenvalue weighted by atomic mass is 32.1. The van der Waals surface area contributed by atoms with Crippen LogP contribution in [0, 0.1) is 0 Å². The predicted molar refractivity (Wildman–Crippen MR) is 59.4 cm³/mol. The highest BCUT2D eigenvalue weighted by molar-refractivity contribution is 7.03. The summed E-state index contributed by atoms with van der Waals surface area (Å²) in [5.74, 6) is 0.